The summed E-state index contributed by atoms with van der Waals surface area (Å²) in [6, 6.07) is 13.2. The van der Waals surface area contributed by atoms with E-state index in [9.17, 15) is 4.79 Å². The maximum absolute atomic E-state index is 11.8. The Bertz CT molecular complexity index is 1160. The van der Waals surface area contributed by atoms with Crippen LogP contribution in [-0.2, 0) is 4.74 Å². The van der Waals surface area contributed by atoms with Crippen molar-refractivity contribution in [3.63, 3.8) is 0 Å². The first-order valence-corrected chi connectivity index (χ1v) is 10.6. The predicted octanol–water partition coefficient (Wildman–Crippen LogP) is 6.20. The fraction of sp³-hybridized carbons (Fsp3) is 0.292. The van der Waals surface area contributed by atoms with E-state index in [1.165, 1.54) is 12.4 Å². The van der Waals surface area contributed by atoms with Crippen LogP contribution in [0.25, 0.3) is 11.0 Å². The number of anilines is 1. The quantitative estimate of drug-likeness (QED) is 0.435. The monoisotopic (exact) mass is 451 g/mol. The normalized spacial score (nSPS) is 13.7. The van der Waals surface area contributed by atoms with Gasteiger partial charge in [-0.1, -0.05) is 29.8 Å². The minimum atomic E-state index is -0.686. The Morgan fingerprint density at radius 2 is 1.97 bits per heavy atom. The largest absolute Gasteiger partial charge is 0.442 e. The van der Waals surface area contributed by atoms with Gasteiger partial charge in [-0.3, -0.25) is 4.98 Å². The molecule has 1 heterocycles. The molecular weight excluding hydrogens is 426 g/mol. The molecule has 0 aliphatic heterocycles. The van der Waals surface area contributed by atoms with Crippen molar-refractivity contribution in [1.29, 1.82) is 5.41 Å². The van der Waals surface area contributed by atoms with Gasteiger partial charge >= 0.3 is 6.09 Å². The zero-order valence-corrected chi connectivity index (χ0v) is 19.2. The molecule has 2 N–H and O–H groups in total. The molecule has 0 radical (unpaired) electrons. The molecule has 7 nitrogen and oxygen atoms in total. The third-order valence-electron chi connectivity index (χ3n) is 4.58. The molecule has 8 heteroatoms. The Kier molecular flexibility index (Phi) is 7.20. The lowest BCUT2D eigenvalue weighted by molar-refractivity contribution is 0.0605. The van der Waals surface area contributed by atoms with Crippen LogP contribution in [0.2, 0.25) is 5.02 Å². The molecule has 1 aromatic heterocycles. The number of hydrogen-bond acceptors (Lipinski definition) is 6. The van der Waals surface area contributed by atoms with E-state index in [-0.39, 0.29) is 6.04 Å². The molecule has 32 heavy (non-hydrogen) atoms. The SMILES string of the molecule is CC(Nc1cnc2cc(C(C=N)C=NC(=O)OC(C)(C)C)ccc2n1)c1cccc(Cl)c1. The predicted molar refractivity (Wildman–Crippen MR) is 129 cm³/mol. The lowest BCUT2D eigenvalue weighted by atomic mass is 10.0. The number of nitrogens with zero attached hydrogens (tertiary/aromatic N) is 3. The number of nitrogens with one attached hydrogen (secondary N) is 2. The first-order chi connectivity index (χ1) is 15.1. The molecular formula is C24H26ClN5O2. The van der Waals surface area contributed by atoms with E-state index in [1.807, 2.05) is 49.4 Å². The minimum absolute atomic E-state index is 0.00563. The number of carbonyl (C=O) groups excluding carboxylic acids is 1. The van der Waals surface area contributed by atoms with Gasteiger partial charge in [-0.15, -0.1) is 0 Å². The van der Waals surface area contributed by atoms with Crippen molar-refractivity contribution in [1.82, 2.24) is 9.97 Å². The topological polar surface area (TPSA) is 100 Å². The van der Waals surface area contributed by atoms with Crippen LogP contribution < -0.4 is 5.32 Å². The highest BCUT2D eigenvalue weighted by Gasteiger charge is 2.16. The van der Waals surface area contributed by atoms with Crippen LogP contribution >= 0.6 is 11.6 Å². The molecule has 0 aliphatic carbocycles. The summed E-state index contributed by atoms with van der Waals surface area (Å²) in [5.74, 6) is 0.169. The van der Waals surface area contributed by atoms with Crippen LogP contribution in [-0.4, -0.2) is 34.1 Å². The third kappa shape index (κ3) is 6.34. The van der Waals surface area contributed by atoms with E-state index in [0.29, 0.717) is 21.9 Å². The van der Waals surface area contributed by atoms with Crippen molar-refractivity contribution >= 4 is 47.0 Å². The Labute approximate surface area is 192 Å². The van der Waals surface area contributed by atoms with Gasteiger partial charge in [0.15, 0.2) is 0 Å². The van der Waals surface area contributed by atoms with Gasteiger partial charge in [-0.2, -0.15) is 4.99 Å². The summed E-state index contributed by atoms with van der Waals surface area (Å²) in [7, 11) is 0. The molecule has 0 spiro atoms. The third-order valence-corrected chi connectivity index (χ3v) is 4.81. The van der Waals surface area contributed by atoms with E-state index in [2.05, 4.69) is 20.3 Å². The summed E-state index contributed by atoms with van der Waals surface area (Å²) in [6.45, 7) is 7.35. The van der Waals surface area contributed by atoms with Crippen LogP contribution in [0.15, 0.2) is 53.7 Å². The number of amides is 1. The summed E-state index contributed by atoms with van der Waals surface area (Å²) in [6.07, 6.45) is 3.60. The second-order valence-corrected chi connectivity index (χ2v) is 8.81. The zero-order chi connectivity index (χ0) is 23.3. The number of rotatable bonds is 6. The van der Waals surface area contributed by atoms with Gasteiger partial charge in [-0.25, -0.2) is 9.78 Å². The molecule has 2 atom stereocenters. The van der Waals surface area contributed by atoms with E-state index < -0.39 is 17.6 Å². The second-order valence-electron chi connectivity index (χ2n) is 8.38. The smallest absolute Gasteiger partial charge is 0.433 e. The van der Waals surface area contributed by atoms with E-state index in [0.717, 1.165) is 11.1 Å². The molecule has 0 saturated heterocycles. The highest BCUT2D eigenvalue weighted by Crippen LogP contribution is 2.23. The number of fused-ring (bicyclic) bond motifs is 1. The molecule has 3 rings (SSSR count). The first kappa shape index (κ1) is 23.3. The van der Waals surface area contributed by atoms with Crippen molar-refractivity contribution in [3.05, 3.63) is 64.8 Å². The van der Waals surface area contributed by atoms with Gasteiger partial charge < -0.3 is 15.5 Å². The highest BCUT2D eigenvalue weighted by atomic mass is 35.5. The summed E-state index contributed by atoms with van der Waals surface area (Å²) >= 11 is 6.08. The average Bonchev–Trinajstić information content (AvgIpc) is 2.73. The van der Waals surface area contributed by atoms with Crippen LogP contribution in [0.3, 0.4) is 0 Å². The molecule has 166 valence electrons. The Morgan fingerprint density at radius 3 is 2.66 bits per heavy atom. The Hall–Kier alpha value is -3.32. The van der Waals surface area contributed by atoms with Gasteiger partial charge in [0.05, 0.1) is 29.2 Å². The second kappa shape index (κ2) is 9.87. The Balaban J connectivity index is 1.76. The zero-order valence-electron chi connectivity index (χ0n) is 18.5. The van der Waals surface area contributed by atoms with Gasteiger partial charge in [0.2, 0.25) is 0 Å². The van der Waals surface area contributed by atoms with E-state index >= 15 is 0 Å². The molecule has 3 aromatic rings. The maximum atomic E-state index is 11.8. The number of benzene rings is 2. The van der Waals surface area contributed by atoms with Gasteiger partial charge in [0.25, 0.3) is 0 Å². The van der Waals surface area contributed by atoms with Crippen molar-refractivity contribution in [2.75, 3.05) is 5.32 Å². The Morgan fingerprint density at radius 1 is 1.19 bits per heavy atom. The van der Waals surface area contributed by atoms with Crippen LogP contribution in [0.1, 0.15) is 50.8 Å². The van der Waals surface area contributed by atoms with Crippen LogP contribution in [0, 0.1) is 5.41 Å². The molecule has 0 fully saturated rings. The van der Waals surface area contributed by atoms with Gasteiger partial charge in [-0.05, 0) is 63.1 Å². The molecule has 1 amide bonds. The fourth-order valence-electron chi connectivity index (χ4n) is 3.04. The maximum Gasteiger partial charge on any atom is 0.433 e. The number of carbonyl (C=O) groups is 1. The van der Waals surface area contributed by atoms with E-state index in [4.69, 9.17) is 21.7 Å². The molecule has 0 saturated carbocycles. The number of aliphatic imine (C=N–C) groups is 1. The highest BCUT2D eigenvalue weighted by molar-refractivity contribution is 6.30. The minimum Gasteiger partial charge on any atom is -0.442 e. The number of ether oxygens (including phenoxy) is 1. The molecule has 0 bridgehead atoms. The first-order valence-electron chi connectivity index (χ1n) is 10.2. The van der Waals surface area contributed by atoms with Gasteiger partial charge in [0, 0.05) is 17.5 Å². The lowest BCUT2D eigenvalue weighted by Crippen LogP contribution is -2.22. The number of halogens is 1. The van der Waals surface area contributed by atoms with E-state index in [1.54, 1.807) is 27.0 Å². The lowest BCUT2D eigenvalue weighted by Gasteiger charge is -2.17. The molecule has 0 aliphatic rings. The van der Waals surface area contributed by atoms with Crippen LogP contribution in [0.4, 0.5) is 10.6 Å². The summed E-state index contributed by atoms with van der Waals surface area (Å²) in [4.78, 5) is 24.8. The number of aromatic nitrogens is 2. The molecule has 2 unspecified atom stereocenters. The molecule has 2 aromatic carbocycles. The van der Waals surface area contributed by atoms with Crippen molar-refractivity contribution < 1.29 is 9.53 Å². The summed E-state index contributed by atoms with van der Waals surface area (Å²) in [5.41, 5.74) is 2.60. The fourth-order valence-corrected chi connectivity index (χ4v) is 3.24. The number of hydrogen-bond donors (Lipinski definition) is 2. The standard InChI is InChI=1S/C24H26ClN5O2/c1-15(16-6-5-7-19(25)10-16)29-22-14-27-21-11-17(8-9-20(21)30-22)18(12-26)13-28-23(31)32-24(2,3)4/h5-15,18,26H,1-4H3,(H,29,30). The average molecular weight is 452 g/mol. The van der Waals surface area contributed by atoms with Gasteiger partial charge in [0.1, 0.15) is 11.4 Å². The summed E-state index contributed by atoms with van der Waals surface area (Å²) in [5, 5.41) is 11.7. The van der Waals surface area contributed by atoms with Crippen LogP contribution in [0.5, 0.6) is 0 Å². The van der Waals surface area contributed by atoms with Crippen molar-refractivity contribution in [2.24, 2.45) is 4.99 Å². The summed E-state index contributed by atoms with van der Waals surface area (Å²) < 4.78 is 5.17. The van der Waals surface area contributed by atoms with Crippen molar-refractivity contribution in [2.45, 2.75) is 45.3 Å². The van der Waals surface area contributed by atoms with Crippen molar-refractivity contribution in [3.8, 4) is 0 Å².